The van der Waals surface area contributed by atoms with Gasteiger partial charge in [0, 0.05) is 62.7 Å². The number of para-hydroxylation sites is 1. The molecule has 0 radical (unpaired) electrons. The van der Waals surface area contributed by atoms with Gasteiger partial charge in [0.1, 0.15) is 23.5 Å². The van der Waals surface area contributed by atoms with Gasteiger partial charge in [-0.05, 0) is 19.1 Å². The molecule has 1 aliphatic rings. The zero-order valence-corrected chi connectivity index (χ0v) is 17.6. The minimum Gasteiger partial charge on any atom is -0.484 e. The van der Waals surface area contributed by atoms with Crippen LogP contribution in [0.25, 0.3) is 0 Å². The van der Waals surface area contributed by atoms with Gasteiger partial charge in [-0.2, -0.15) is 0 Å². The van der Waals surface area contributed by atoms with Crippen LogP contribution >= 0.6 is 0 Å². The Labute approximate surface area is 181 Å². The Bertz CT molecular complexity index is 1040. The summed E-state index contributed by atoms with van der Waals surface area (Å²) < 4.78 is 22.6. The number of nitrogens with zero attached hydrogens (tertiary/aromatic N) is 3. The van der Waals surface area contributed by atoms with E-state index in [1.54, 1.807) is 18.3 Å². The lowest BCUT2D eigenvalue weighted by molar-refractivity contribution is -0.121. The number of amides is 1. The number of hydrogen-bond donors (Lipinski definition) is 1. The third-order valence-corrected chi connectivity index (χ3v) is 5.57. The lowest BCUT2D eigenvalue weighted by atomic mass is 10.1. The topological polar surface area (TPSA) is 59.4 Å². The first-order valence-corrected chi connectivity index (χ1v) is 10.6. The summed E-state index contributed by atoms with van der Waals surface area (Å²) in [5.74, 6) is 1.41. The molecule has 1 aliphatic heterocycles. The van der Waals surface area contributed by atoms with Crippen molar-refractivity contribution in [3.05, 3.63) is 83.7 Å². The lowest BCUT2D eigenvalue weighted by Crippen LogP contribution is -2.36. The molecule has 0 saturated heterocycles. The van der Waals surface area contributed by atoms with Gasteiger partial charge in [0.2, 0.25) is 5.91 Å². The Morgan fingerprint density at radius 3 is 2.81 bits per heavy atom. The Morgan fingerprint density at radius 1 is 1.19 bits per heavy atom. The number of carbonyl (C=O) groups excluding carboxylic acids is 1. The van der Waals surface area contributed by atoms with Gasteiger partial charge in [-0.15, -0.1) is 0 Å². The lowest BCUT2D eigenvalue weighted by Gasteiger charge is -2.24. The molecule has 0 unspecified atom stereocenters. The van der Waals surface area contributed by atoms with E-state index < -0.39 is 6.10 Å². The van der Waals surface area contributed by atoms with E-state index in [1.165, 1.54) is 6.07 Å². The Kier molecular flexibility index (Phi) is 6.62. The highest BCUT2D eigenvalue weighted by Gasteiger charge is 2.26. The number of rotatable bonds is 7. The van der Waals surface area contributed by atoms with Crippen LogP contribution in [0.2, 0.25) is 0 Å². The minimum absolute atomic E-state index is 0.00484. The van der Waals surface area contributed by atoms with Crippen LogP contribution in [-0.4, -0.2) is 40.0 Å². The fourth-order valence-electron chi connectivity index (χ4n) is 3.85. The maximum absolute atomic E-state index is 14.4. The van der Waals surface area contributed by atoms with Crippen molar-refractivity contribution in [1.29, 1.82) is 0 Å². The first-order chi connectivity index (χ1) is 15.1. The normalized spacial score (nSPS) is 16.3. The third kappa shape index (κ3) is 5.30. The minimum atomic E-state index is -0.412. The van der Waals surface area contributed by atoms with Crippen molar-refractivity contribution < 1.29 is 13.9 Å². The smallest absolute Gasteiger partial charge is 0.221 e. The molecule has 162 valence electrons. The van der Waals surface area contributed by atoms with E-state index in [9.17, 15) is 9.18 Å². The largest absolute Gasteiger partial charge is 0.484 e. The Hall–Kier alpha value is -3.19. The van der Waals surface area contributed by atoms with E-state index in [0.717, 1.165) is 17.1 Å². The third-order valence-electron chi connectivity index (χ3n) is 5.57. The van der Waals surface area contributed by atoms with Crippen LogP contribution in [0.3, 0.4) is 0 Å². The highest BCUT2D eigenvalue weighted by Crippen LogP contribution is 2.31. The van der Waals surface area contributed by atoms with E-state index in [-0.39, 0.29) is 11.7 Å². The van der Waals surface area contributed by atoms with E-state index in [4.69, 9.17) is 4.74 Å². The van der Waals surface area contributed by atoms with Gasteiger partial charge in [-0.1, -0.05) is 36.4 Å². The molecule has 0 saturated carbocycles. The van der Waals surface area contributed by atoms with Crippen LogP contribution in [0.5, 0.6) is 5.75 Å². The monoisotopic (exact) mass is 422 g/mol. The van der Waals surface area contributed by atoms with Gasteiger partial charge in [0.05, 0.1) is 0 Å². The summed E-state index contributed by atoms with van der Waals surface area (Å²) in [6, 6.07) is 14.6. The standard InChI is InChI=1S/C24H27FN4O2/c1-18-26-12-15-29(18)13-10-24(30)27-11-14-28-16-19-6-2-5-9-22(19)31-23(17-28)20-7-3-4-8-21(20)25/h2-9,12,15,23H,10-11,13-14,16-17H2,1H3,(H,27,30)/t23-/m0/s1. The van der Waals surface area contributed by atoms with E-state index >= 15 is 0 Å². The molecule has 4 rings (SSSR count). The van der Waals surface area contributed by atoms with Crippen LogP contribution in [0.4, 0.5) is 4.39 Å². The molecule has 0 spiro atoms. The zero-order valence-electron chi connectivity index (χ0n) is 17.6. The average molecular weight is 423 g/mol. The van der Waals surface area contributed by atoms with Crippen molar-refractivity contribution in [2.24, 2.45) is 0 Å². The van der Waals surface area contributed by atoms with Crippen LogP contribution in [0, 0.1) is 12.7 Å². The van der Waals surface area contributed by atoms with Gasteiger partial charge >= 0.3 is 0 Å². The fraction of sp³-hybridized carbons (Fsp3) is 0.333. The number of ether oxygens (including phenoxy) is 1. The zero-order chi connectivity index (χ0) is 21.6. The Morgan fingerprint density at radius 2 is 2.00 bits per heavy atom. The van der Waals surface area contributed by atoms with Gasteiger partial charge in [-0.25, -0.2) is 9.37 Å². The van der Waals surface area contributed by atoms with Crippen molar-refractivity contribution in [3.63, 3.8) is 0 Å². The van der Waals surface area contributed by atoms with E-state index in [0.29, 0.717) is 44.7 Å². The number of aromatic nitrogens is 2. The summed E-state index contributed by atoms with van der Waals surface area (Å²) >= 11 is 0. The van der Waals surface area contributed by atoms with Gasteiger partial charge in [-0.3, -0.25) is 9.69 Å². The highest BCUT2D eigenvalue weighted by molar-refractivity contribution is 5.75. The van der Waals surface area contributed by atoms with Crippen LogP contribution in [0.1, 0.15) is 29.5 Å². The first kappa shape index (κ1) is 21.1. The molecule has 2 heterocycles. The second-order valence-corrected chi connectivity index (χ2v) is 7.74. The van der Waals surface area contributed by atoms with Crippen molar-refractivity contribution >= 4 is 5.91 Å². The molecule has 1 atom stereocenters. The molecule has 7 heteroatoms. The number of aryl methyl sites for hydroxylation is 2. The predicted octanol–water partition coefficient (Wildman–Crippen LogP) is 3.47. The van der Waals surface area contributed by atoms with Crippen molar-refractivity contribution in [1.82, 2.24) is 19.8 Å². The number of fused-ring (bicyclic) bond motifs is 1. The highest BCUT2D eigenvalue weighted by atomic mass is 19.1. The number of nitrogens with one attached hydrogen (secondary N) is 1. The van der Waals surface area contributed by atoms with E-state index in [1.807, 2.05) is 48.0 Å². The fourth-order valence-corrected chi connectivity index (χ4v) is 3.85. The summed E-state index contributed by atoms with van der Waals surface area (Å²) in [5.41, 5.74) is 1.60. The van der Waals surface area contributed by atoms with Crippen molar-refractivity contribution in [2.75, 3.05) is 19.6 Å². The maximum Gasteiger partial charge on any atom is 0.221 e. The van der Waals surface area contributed by atoms with Crippen molar-refractivity contribution in [2.45, 2.75) is 32.5 Å². The molecular formula is C24H27FN4O2. The molecule has 1 N–H and O–H groups in total. The Balaban J connectivity index is 1.37. The second kappa shape index (κ2) is 9.75. The maximum atomic E-state index is 14.4. The molecule has 1 aromatic heterocycles. The summed E-state index contributed by atoms with van der Waals surface area (Å²) in [4.78, 5) is 18.6. The molecule has 0 aliphatic carbocycles. The number of imidazole rings is 1. The molecule has 0 bridgehead atoms. The molecular weight excluding hydrogens is 395 g/mol. The van der Waals surface area contributed by atoms with Crippen LogP contribution < -0.4 is 10.1 Å². The number of carbonyl (C=O) groups is 1. The van der Waals surface area contributed by atoms with Gasteiger partial charge in [0.15, 0.2) is 0 Å². The molecule has 3 aromatic rings. The molecule has 31 heavy (non-hydrogen) atoms. The van der Waals surface area contributed by atoms with Gasteiger partial charge in [0.25, 0.3) is 0 Å². The summed E-state index contributed by atoms with van der Waals surface area (Å²) in [5, 5.41) is 2.99. The molecule has 1 amide bonds. The van der Waals surface area contributed by atoms with Crippen LogP contribution in [-0.2, 0) is 17.9 Å². The molecule has 2 aromatic carbocycles. The van der Waals surface area contributed by atoms with E-state index in [2.05, 4.69) is 15.2 Å². The SMILES string of the molecule is Cc1nccn1CCC(=O)NCCN1Cc2ccccc2O[C@H](c2ccccc2F)C1. The average Bonchev–Trinajstić information content (AvgIpc) is 3.08. The number of hydrogen-bond acceptors (Lipinski definition) is 4. The quantitative estimate of drug-likeness (QED) is 0.633. The van der Waals surface area contributed by atoms with Gasteiger partial charge < -0.3 is 14.6 Å². The molecule has 0 fully saturated rings. The summed E-state index contributed by atoms with van der Waals surface area (Å²) in [7, 11) is 0. The summed E-state index contributed by atoms with van der Waals surface area (Å²) in [6.07, 6.45) is 3.60. The first-order valence-electron chi connectivity index (χ1n) is 10.6. The number of benzene rings is 2. The predicted molar refractivity (Wildman–Crippen MR) is 116 cm³/mol. The van der Waals surface area contributed by atoms with Crippen molar-refractivity contribution in [3.8, 4) is 5.75 Å². The number of halogens is 1. The second-order valence-electron chi connectivity index (χ2n) is 7.74. The molecule has 6 nitrogen and oxygen atoms in total. The van der Waals surface area contributed by atoms with Crippen LogP contribution in [0.15, 0.2) is 60.9 Å². The summed E-state index contributed by atoms with van der Waals surface area (Å²) in [6.45, 7) is 4.93.